The average molecular weight is 220 g/mol. The first-order chi connectivity index (χ1) is 7.85. The lowest BCUT2D eigenvalue weighted by Crippen LogP contribution is -1.96. The van der Waals surface area contributed by atoms with Crippen LogP contribution in [0.4, 0.5) is 0 Å². The summed E-state index contributed by atoms with van der Waals surface area (Å²) in [7, 11) is 0. The van der Waals surface area contributed by atoms with Crippen LogP contribution in [0.3, 0.4) is 0 Å². The first-order valence-corrected chi connectivity index (χ1v) is 5.54. The molecule has 0 saturated carbocycles. The van der Waals surface area contributed by atoms with Crippen LogP contribution < -0.4 is 0 Å². The van der Waals surface area contributed by atoms with Crippen molar-refractivity contribution in [2.45, 2.75) is 20.0 Å². The molecule has 1 aromatic carbocycles. The van der Waals surface area contributed by atoms with Crippen molar-refractivity contribution in [1.82, 2.24) is 0 Å². The normalized spacial score (nSPS) is 11.1. The number of ether oxygens (including phenoxy) is 1. The summed E-state index contributed by atoms with van der Waals surface area (Å²) in [6.07, 6.45) is 0.771. The van der Waals surface area contributed by atoms with Crippen molar-refractivity contribution >= 4 is 11.0 Å². The molecule has 0 aliphatic rings. The van der Waals surface area contributed by atoms with Crippen LogP contribution in [0.1, 0.15) is 18.2 Å². The predicted octanol–water partition coefficient (Wildman–Crippen LogP) is 2.50. The summed E-state index contributed by atoms with van der Waals surface area (Å²) in [6, 6.07) is 7.80. The zero-order chi connectivity index (χ0) is 11.4. The number of aliphatic hydroxyl groups is 1. The van der Waals surface area contributed by atoms with Gasteiger partial charge in [0.15, 0.2) is 0 Å². The van der Waals surface area contributed by atoms with Crippen molar-refractivity contribution in [1.29, 1.82) is 0 Å². The summed E-state index contributed by atoms with van der Waals surface area (Å²) < 4.78 is 11.0. The SMILES string of the molecule is CCOCCc1cc2cccc(CO)c2o1. The number of furan rings is 1. The van der Waals surface area contributed by atoms with E-state index in [1.54, 1.807) is 0 Å². The Bertz CT molecular complexity index is 459. The lowest BCUT2D eigenvalue weighted by atomic mass is 10.1. The van der Waals surface area contributed by atoms with Crippen LogP contribution in [-0.4, -0.2) is 18.3 Å². The Kier molecular flexibility index (Phi) is 3.59. The van der Waals surface area contributed by atoms with Crippen molar-refractivity contribution in [2.75, 3.05) is 13.2 Å². The maximum Gasteiger partial charge on any atom is 0.139 e. The highest BCUT2D eigenvalue weighted by atomic mass is 16.5. The van der Waals surface area contributed by atoms with Crippen LogP contribution >= 0.6 is 0 Å². The monoisotopic (exact) mass is 220 g/mol. The molecule has 0 radical (unpaired) electrons. The highest BCUT2D eigenvalue weighted by Gasteiger charge is 2.07. The summed E-state index contributed by atoms with van der Waals surface area (Å²) in [5.41, 5.74) is 1.62. The van der Waals surface area contributed by atoms with Gasteiger partial charge in [0.05, 0.1) is 13.2 Å². The topological polar surface area (TPSA) is 42.6 Å². The molecule has 2 aromatic rings. The molecular weight excluding hydrogens is 204 g/mol. The van der Waals surface area contributed by atoms with Gasteiger partial charge in [-0.2, -0.15) is 0 Å². The molecule has 16 heavy (non-hydrogen) atoms. The molecule has 0 aliphatic carbocycles. The number of hydrogen-bond donors (Lipinski definition) is 1. The lowest BCUT2D eigenvalue weighted by Gasteiger charge is -1.98. The first-order valence-electron chi connectivity index (χ1n) is 5.54. The largest absolute Gasteiger partial charge is 0.461 e. The minimum absolute atomic E-state index is 0.00968. The average Bonchev–Trinajstić information content (AvgIpc) is 2.71. The minimum atomic E-state index is 0.00968. The van der Waals surface area contributed by atoms with Crippen LogP contribution in [-0.2, 0) is 17.8 Å². The van der Waals surface area contributed by atoms with Gasteiger partial charge in [0.1, 0.15) is 11.3 Å². The highest BCUT2D eigenvalue weighted by Crippen LogP contribution is 2.23. The Morgan fingerprint density at radius 3 is 3.00 bits per heavy atom. The van der Waals surface area contributed by atoms with Crippen LogP contribution in [0.25, 0.3) is 11.0 Å². The summed E-state index contributed by atoms with van der Waals surface area (Å²) in [4.78, 5) is 0. The molecule has 0 amide bonds. The zero-order valence-corrected chi connectivity index (χ0v) is 9.40. The van der Waals surface area contributed by atoms with E-state index < -0.39 is 0 Å². The van der Waals surface area contributed by atoms with Crippen molar-refractivity contribution in [3.8, 4) is 0 Å². The van der Waals surface area contributed by atoms with E-state index in [-0.39, 0.29) is 6.61 Å². The number of aliphatic hydroxyl groups excluding tert-OH is 1. The third-order valence-electron chi connectivity index (χ3n) is 2.54. The Balaban J connectivity index is 2.22. The highest BCUT2D eigenvalue weighted by molar-refractivity contribution is 5.81. The van der Waals surface area contributed by atoms with Crippen molar-refractivity contribution < 1.29 is 14.3 Å². The molecule has 1 heterocycles. The molecule has 1 aromatic heterocycles. The maximum absolute atomic E-state index is 9.17. The molecule has 0 bridgehead atoms. The van der Waals surface area contributed by atoms with Gasteiger partial charge in [-0.3, -0.25) is 0 Å². The molecule has 86 valence electrons. The number of para-hydroxylation sites is 1. The molecule has 2 rings (SSSR count). The van der Waals surface area contributed by atoms with E-state index in [0.717, 1.165) is 35.3 Å². The van der Waals surface area contributed by atoms with Crippen molar-refractivity contribution in [3.63, 3.8) is 0 Å². The van der Waals surface area contributed by atoms with Gasteiger partial charge >= 0.3 is 0 Å². The van der Waals surface area contributed by atoms with Gasteiger partial charge in [0.25, 0.3) is 0 Å². The maximum atomic E-state index is 9.17. The number of benzene rings is 1. The molecule has 0 fully saturated rings. The van der Waals surface area contributed by atoms with Crippen molar-refractivity contribution in [3.05, 3.63) is 35.6 Å². The molecule has 0 aliphatic heterocycles. The molecule has 0 saturated heterocycles. The van der Waals surface area contributed by atoms with Gasteiger partial charge in [0, 0.05) is 24.0 Å². The van der Waals surface area contributed by atoms with E-state index in [4.69, 9.17) is 9.15 Å². The fraction of sp³-hybridized carbons (Fsp3) is 0.385. The van der Waals surface area contributed by atoms with Gasteiger partial charge in [0.2, 0.25) is 0 Å². The Morgan fingerprint density at radius 2 is 2.25 bits per heavy atom. The Hall–Kier alpha value is -1.32. The second-order valence-electron chi connectivity index (χ2n) is 3.65. The molecular formula is C13H16O3. The van der Waals surface area contributed by atoms with E-state index in [2.05, 4.69) is 0 Å². The van der Waals surface area contributed by atoms with Gasteiger partial charge < -0.3 is 14.3 Å². The predicted molar refractivity (Wildman–Crippen MR) is 62.3 cm³/mol. The smallest absolute Gasteiger partial charge is 0.139 e. The van der Waals surface area contributed by atoms with Crippen LogP contribution in [0.15, 0.2) is 28.7 Å². The second-order valence-corrected chi connectivity index (χ2v) is 3.65. The molecule has 3 nitrogen and oxygen atoms in total. The third-order valence-corrected chi connectivity index (χ3v) is 2.54. The Labute approximate surface area is 94.6 Å². The number of rotatable bonds is 5. The van der Waals surface area contributed by atoms with Crippen LogP contribution in [0.2, 0.25) is 0 Å². The molecule has 0 atom stereocenters. The van der Waals surface area contributed by atoms with E-state index >= 15 is 0 Å². The fourth-order valence-corrected chi connectivity index (χ4v) is 1.74. The first kappa shape index (κ1) is 11.2. The van der Waals surface area contributed by atoms with Crippen LogP contribution in [0, 0.1) is 0 Å². The second kappa shape index (κ2) is 5.14. The van der Waals surface area contributed by atoms with E-state index in [0.29, 0.717) is 6.61 Å². The lowest BCUT2D eigenvalue weighted by molar-refractivity contribution is 0.147. The minimum Gasteiger partial charge on any atom is -0.461 e. The molecule has 3 heteroatoms. The third kappa shape index (κ3) is 2.26. The summed E-state index contributed by atoms with van der Waals surface area (Å²) >= 11 is 0. The standard InChI is InChI=1S/C13H16O3/c1-2-15-7-6-12-8-10-4-3-5-11(9-14)13(10)16-12/h3-5,8,14H,2,6-7,9H2,1H3. The van der Waals surface area contributed by atoms with Gasteiger partial charge in [-0.05, 0) is 13.0 Å². The van der Waals surface area contributed by atoms with E-state index in [9.17, 15) is 5.11 Å². The summed E-state index contributed by atoms with van der Waals surface area (Å²) in [5.74, 6) is 0.907. The number of hydrogen-bond acceptors (Lipinski definition) is 3. The zero-order valence-electron chi connectivity index (χ0n) is 9.40. The van der Waals surface area contributed by atoms with E-state index in [1.807, 2.05) is 31.2 Å². The molecule has 0 unspecified atom stereocenters. The summed E-state index contributed by atoms with van der Waals surface area (Å²) in [6.45, 7) is 3.38. The molecule has 0 spiro atoms. The number of fused-ring (bicyclic) bond motifs is 1. The fourth-order valence-electron chi connectivity index (χ4n) is 1.74. The molecule has 1 N–H and O–H groups in total. The van der Waals surface area contributed by atoms with Crippen molar-refractivity contribution in [2.24, 2.45) is 0 Å². The quantitative estimate of drug-likeness (QED) is 0.787. The Morgan fingerprint density at radius 1 is 1.38 bits per heavy atom. The van der Waals surface area contributed by atoms with Gasteiger partial charge in [-0.1, -0.05) is 18.2 Å². The van der Waals surface area contributed by atoms with E-state index in [1.165, 1.54) is 0 Å². The van der Waals surface area contributed by atoms with Gasteiger partial charge in [-0.15, -0.1) is 0 Å². The summed E-state index contributed by atoms with van der Waals surface area (Å²) in [5, 5.41) is 10.2. The van der Waals surface area contributed by atoms with Crippen LogP contribution in [0.5, 0.6) is 0 Å². The van der Waals surface area contributed by atoms with Gasteiger partial charge in [-0.25, -0.2) is 0 Å².